The summed E-state index contributed by atoms with van der Waals surface area (Å²) in [5.74, 6) is 1.66. The van der Waals surface area contributed by atoms with E-state index in [9.17, 15) is 0 Å². The number of hydrogen-bond donors (Lipinski definition) is 1. The Labute approximate surface area is 142 Å². The lowest BCUT2D eigenvalue weighted by atomic mass is 10.0. The summed E-state index contributed by atoms with van der Waals surface area (Å²) < 4.78 is 0. The number of piperidine rings is 1. The van der Waals surface area contributed by atoms with Gasteiger partial charge in [-0.05, 0) is 54.5 Å². The summed E-state index contributed by atoms with van der Waals surface area (Å²) in [4.78, 5) is 15.1. The Morgan fingerprint density at radius 2 is 1.70 bits per heavy atom. The van der Waals surface area contributed by atoms with Gasteiger partial charge in [-0.15, -0.1) is 0 Å². The van der Waals surface area contributed by atoms with Crippen LogP contribution in [0.5, 0.6) is 0 Å². The molecular formula is C17H22ClN5. The average Bonchev–Trinajstić information content (AvgIpc) is 2.55. The minimum atomic E-state index is 0.224. The van der Waals surface area contributed by atoms with Gasteiger partial charge in [0.15, 0.2) is 0 Å². The fourth-order valence-electron chi connectivity index (χ4n) is 2.71. The lowest BCUT2D eigenvalue weighted by Crippen LogP contribution is -2.31. The van der Waals surface area contributed by atoms with E-state index in [2.05, 4.69) is 51.1 Å². The van der Waals surface area contributed by atoms with Gasteiger partial charge in [0.05, 0.1) is 0 Å². The van der Waals surface area contributed by atoms with Crippen LogP contribution in [0.3, 0.4) is 0 Å². The van der Waals surface area contributed by atoms with Crippen molar-refractivity contribution in [2.45, 2.75) is 39.0 Å². The van der Waals surface area contributed by atoms with Gasteiger partial charge in [-0.1, -0.05) is 26.0 Å². The van der Waals surface area contributed by atoms with Crippen LogP contribution in [0.15, 0.2) is 24.3 Å². The molecule has 1 fully saturated rings. The molecule has 122 valence electrons. The highest BCUT2D eigenvalue weighted by Crippen LogP contribution is 2.22. The van der Waals surface area contributed by atoms with Crippen molar-refractivity contribution in [2.24, 2.45) is 0 Å². The summed E-state index contributed by atoms with van der Waals surface area (Å²) in [6.07, 6.45) is 3.61. The number of rotatable bonds is 4. The summed E-state index contributed by atoms with van der Waals surface area (Å²) >= 11 is 6.07. The van der Waals surface area contributed by atoms with Crippen molar-refractivity contribution >= 4 is 29.2 Å². The molecule has 1 N–H and O–H groups in total. The minimum Gasteiger partial charge on any atom is -0.341 e. The quantitative estimate of drug-likeness (QED) is 0.900. The third-order valence-electron chi connectivity index (χ3n) is 4.07. The van der Waals surface area contributed by atoms with Gasteiger partial charge >= 0.3 is 0 Å². The van der Waals surface area contributed by atoms with Gasteiger partial charge in [0.1, 0.15) is 0 Å². The molecule has 2 aromatic rings. The monoisotopic (exact) mass is 331 g/mol. The highest BCUT2D eigenvalue weighted by molar-refractivity contribution is 6.28. The number of halogens is 1. The molecule has 0 atom stereocenters. The van der Waals surface area contributed by atoms with Gasteiger partial charge in [-0.2, -0.15) is 15.0 Å². The fourth-order valence-corrected chi connectivity index (χ4v) is 2.87. The first-order chi connectivity index (χ1) is 11.1. The molecular weight excluding hydrogens is 310 g/mol. The normalized spacial score (nSPS) is 15.0. The smallest absolute Gasteiger partial charge is 0.233 e. The third-order valence-corrected chi connectivity index (χ3v) is 4.24. The predicted octanol–water partition coefficient (Wildman–Crippen LogP) is 4.38. The molecule has 0 saturated carbocycles. The van der Waals surface area contributed by atoms with Gasteiger partial charge in [0, 0.05) is 18.8 Å². The van der Waals surface area contributed by atoms with E-state index < -0.39 is 0 Å². The van der Waals surface area contributed by atoms with Crippen LogP contribution in [0.25, 0.3) is 0 Å². The van der Waals surface area contributed by atoms with Gasteiger partial charge < -0.3 is 10.2 Å². The predicted molar refractivity (Wildman–Crippen MR) is 94.7 cm³/mol. The third kappa shape index (κ3) is 4.10. The first-order valence-electron chi connectivity index (χ1n) is 8.15. The zero-order valence-corrected chi connectivity index (χ0v) is 14.3. The van der Waals surface area contributed by atoms with E-state index in [0.717, 1.165) is 18.8 Å². The van der Waals surface area contributed by atoms with Crippen LogP contribution in [0.1, 0.15) is 44.6 Å². The van der Waals surface area contributed by atoms with E-state index in [1.807, 2.05) is 12.1 Å². The van der Waals surface area contributed by atoms with Crippen LogP contribution in [0.4, 0.5) is 17.6 Å². The summed E-state index contributed by atoms with van der Waals surface area (Å²) in [6.45, 7) is 6.31. The fraction of sp³-hybridized carbons (Fsp3) is 0.471. The molecule has 0 amide bonds. The minimum absolute atomic E-state index is 0.224. The van der Waals surface area contributed by atoms with Crippen LogP contribution >= 0.6 is 11.6 Å². The molecule has 0 unspecified atom stereocenters. The molecule has 23 heavy (non-hydrogen) atoms. The van der Waals surface area contributed by atoms with Gasteiger partial charge in [-0.3, -0.25) is 0 Å². The topological polar surface area (TPSA) is 53.9 Å². The van der Waals surface area contributed by atoms with Crippen molar-refractivity contribution in [3.63, 3.8) is 0 Å². The molecule has 1 aromatic carbocycles. The molecule has 1 aromatic heterocycles. The van der Waals surface area contributed by atoms with E-state index in [1.54, 1.807) is 0 Å². The second-order valence-corrected chi connectivity index (χ2v) is 6.52. The Bertz CT molecular complexity index is 651. The van der Waals surface area contributed by atoms with Crippen molar-refractivity contribution in [1.29, 1.82) is 0 Å². The van der Waals surface area contributed by atoms with Crippen LogP contribution in [0, 0.1) is 0 Å². The van der Waals surface area contributed by atoms with Crippen molar-refractivity contribution in [2.75, 3.05) is 23.3 Å². The van der Waals surface area contributed by atoms with E-state index in [1.165, 1.54) is 24.8 Å². The van der Waals surface area contributed by atoms with E-state index >= 15 is 0 Å². The molecule has 3 rings (SSSR count). The van der Waals surface area contributed by atoms with E-state index in [-0.39, 0.29) is 5.28 Å². The Morgan fingerprint density at radius 3 is 2.35 bits per heavy atom. The van der Waals surface area contributed by atoms with Gasteiger partial charge in [0.2, 0.25) is 17.2 Å². The average molecular weight is 332 g/mol. The number of aromatic nitrogens is 3. The number of anilines is 3. The zero-order valence-electron chi connectivity index (χ0n) is 13.6. The molecule has 6 heteroatoms. The maximum atomic E-state index is 6.07. The first kappa shape index (κ1) is 16.0. The Balaban J connectivity index is 1.78. The second kappa shape index (κ2) is 7.13. The molecule has 1 aliphatic rings. The molecule has 1 aliphatic heterocycles. The summed E-state index contributed by atoms with van der Waals surface area (Å²) in [5.41, 5.74) is 2.25. The summed E-state index contributed by atoms with van der Waals surface area (Å²) in [6, 6.07) is 8.30. The summed E-state index contributed by atoms with van der Waals surface area (Å²) in [5, 5.41) is 3.44. The standard InChI is InChI=1S/C17H22ClN5/c1-12(2)13-6-8-14(9-7-13)19-16-20-15(18)21-17(22-16)23-10-4-3-5-11-23/h6-9,12H,3-5,10-11H2,1-2H3,(H,19,20,21,22). The SMILES string of the molecule is CC(C)c1ccc(Nc2nc(Cl)nc(N3CCCCC3)n2)cc1. The molecule has 5 nitrogen and oxygen atoms in total. The molecule has 0 bridgehead atoms. The van der Waals surface area contributed by atoms with Gasteiger partial charge in [0.25, 0.3) is 0 Å². The highest BCUT2D eigenvalue weighted by atomic mass is 35.5. The Kier molecular flexibility index (Phi) is 4.96. The van der Waals surface area contributed by atoms with E-state index in [0.29, 0.717) is 17.8 Å². The number of hydrogen-bond acceptors (Lipinski definition) is 5. The molecule has 0 spiro atoms. The maximum Gasteiger partial charge on any atom is 0.233 e. The zero-order chi connectivity index (χ0) is 16.2. The highest BCUT2D eigenvalue weighted by Gasteiger charge is 2.15. The molecule has 0 radical (unpaired) electrons. The summed E-state index contributed by atoms with van der Waals surface area (Å²) in [7, 11) is 0. The number of benzene rings is 1. The van der Waals surface area contributed by atoms with Crippen molar-refractivity contribution < 1.29 is 0 Å². The second-order valence-electron chi connectivity index (χ2n) is 6.18. The molecule has 0 aliphatic carbocycles. The first-order valence-corrected chi connectivity index (χ1v) is 8.53. The Hall–Kier alpha value is -1.88. The lowest BCUT2D eigenvalue weighted by molar-refractivity contribution is 0.567. The van der Waals surface area contributed by atoms with Crippen molar-refractivity contribution in [3.05, 3.63) is 35.1 Å². The number of nitrogens with one attached hydrogen (secondary N) is 1. The van der Waals surface area contributed by atoms with Crippen molar-refractivity contribution in [3.8, 4) is 0 Å². The molecule has 2 heterocycles. The Morgan fingerprint density at radius 1 is 1.00 bits per heavy atom. The van der Waals surface area contributed by atoms with Crippen molar-refractivity contribution in [1.82, 2.24) is 15.0 Å². The van der Waals surface area contributed by atoms with Crippen LogP contribution in [0.2, 0.25) is 5.28 Å². The maximum absolute atomic E-state index is 6.07. The molecule has 1 saturated heterocycles. The van der Waals surface area contributed by atoms with Crippen LogP contribution < -0.4 is 10.2 Å². The van der Waals surface area contributed by atoms with Gasteiger partial charge in [-0.25, -0.2) is 0 Å². The van der Waals surface area contributed by atoms with E-state index in [4.69, 9.17) is 11.6 Å². The largest absolute Gasteiger partial charge is 0.341 e. The van der Waals surface area contributed by atoms with Crippen LogP contribution in [-0.4, -0.2) is 28.0 Å². The van der Waals surface area contributed by atoms with Crippen LogP contribution in [-0.2, 0) is 0 Å². The lowest BCUT2D eigenvalue weighted by Gasteiger charge is -2.26. The number of nitrogens with zero attached hydrogens (tertiary/aromatic N) is 4.